The van der Waals surface area contributed by atoms with Gasteiger partial charge in [0.15, 0.2) is 0 Å². The van der Waals surface area contributed by atoms with Gasteiger partial charge in [-0.2, -0.15) is 0 Å². The SMILES string of the molecule is CCNC(Cc1cc(C)cc(C)c1)c1ccc(Cl)cc1Br. The van der Waals surface area contributed by atoms with Gasteiger partial charge in [0, 0.05) is 15.5 Å². The lowest BCUT2D eigenvalue weighted by molar-refractivity contribution is 0.548. The molecule has 0 aromatic heterocycles. The quantitative estimate of drug-likeness (QED) is 0.725. The van der Waals surface area contributed by atoms with Crippen molar-refractivity contribution in [1.82, 2.24) is 5.32 Å². The second kappa shape index (κ2) is 7.44. The molecule has 112 valence electrons. The Morgan fingerprint density at radius 1 is 1.10 bits per heavy atom. The van der Waals surface area contributed by atoms with E-state index in [1.54, 1.807) is 0 Å². The van der Waals surface area contributed by atoms with Crippen molar-refractivity contribution in [2.45, 2.75) is 33.2 Å². The fourth-order valence-corrected chi connectivity index (χ4v) is 3.70. The van der Waals surface area contributed by atoms with Gasteiger partial charge in [-0.3, -0.25) is 0 Å². The number of likely N-dealkylation sites (N-methyl/N-ethyl adjacent to an activating group) is 1. The highest BCUT2D eigenvalue weighted by Gasteiger charge is 2.15. The van der Waals surface area contributed by atoms with Crippen molar-refractivity contribution >= 4 is 27.5 Å². The van der Waals surface area contributed by atoms with Gasteiger partial charge < -0.3 is 5.32 Å². The van der Waals surface area contributed by atoms with E-state index in [9.17, 15) is 0 Å². The first-order chi connectivity index (χ1) is 9.99. The first-order valence-corrected chi connectivity index (χ1v) is 8.42. The van der Waals surface area contributed by atoms with Crippen LogP contribution in [0.5, 0.6) is 0 Å². The summed E-state index contributed by atoms with van der Waals surface area (Å²) in [5, 5.41) is 4.33. The average Bonchev–Trinajstić information content (AvgIpc) is 2.37. The third-order valence-corrected chi connectivity index (χ3v) is 4.43. The maximum Gasteiger partial charge on any atom is 0.0417 e. The highest BCUT2D eigenvalue weighted by molar-refractivity contribution is 9.10. The molecule has 0 radical (unpaired) electrons. The van der Waals surface area contributed by atoms with Crippen LogP contribution in [0.2, 0.25) is 5.02 Å². The predicted molar refractivity (Wildman–Crippen MR) is 95.2 cm³/mol. The van der Waals surface area contributed by atoms with Gasteiger partial charge >= 0.3 is 0 Å². The normalized spacial score (nSPS) is 12.4. The van der Waals surface area contributed by atoms with Crippen molar-refractivity contribution in [2.75, 3.05) is 6.54 Å². The van der Waals surface area contributed by atoms with Crippen molar-refractivity contribution in [3.05, 3.63) is 68.1 Å². The maximum atomic E-state index is 6.05. The summed E-state index contributed by atoms with van der Waals surface area (Å²) in [6, 6.07) is 13.0. The first-order valence-electron chi connectivity index (χ1n) is 7.25. The average molecular weight is 367 g/mol. The second-order valence-corrected chi connectivity index (χ2v) is 6.77. The lowest BCUT2D eigenvalue weighted by Gasteiger charge is -2.20. The van der Waals surface area contributed by atoms with Gasteiger partial charge in [-0.05, 0) is 50.1 Å². The topological polar surface area (TPSA) is 12.0 Å². The number of rotatable bonds is 5. The van der Waals surface area contributed by atoms with Gasteiger partial charge in [0.2, 0.25) is 0 Å². The van der Waals surface area contributed by atoms with E-state index in [2.05, 4.69) is 66.3 Å². The summed E-state index contributed by atoms with van der Waals surface area (Å²) in [7, 11) is 0. The summed E-state index contributed by atoms with van der Waals surface area (Å²) < 4.78 is 1.06. The monoisotopic (exact) mass is 365 g/mol. The van der Waals surface area contributed by atoms with Crippen LogP contribution in [0.1, 0.15) is 35.2 Å². The zero-order valence-electron chi connectivity index (χ0n) is 12.7. The van der Waals surface area contributed by atoms with Gasteiger partial charge in [0.25, 0.3) is 0 Å². The number of hydrogen-bond donors (Lipinski definition) is 1. The smallest absolute Gasteiger partial charge is 0.0417 e. The Kier molecular flexibility index (Phi) is 5.86. The standard InChI is InChI=1S/C18H21BrClN/c1-4-21-18(16-6-5-15(20)11-17(16)19)10-14-8-12(2)7-13(3)9-14/h5-9,11,18,21H,4,10H2,1-3H3. The van der Waals surface area contributed by atoms with E-state index in [4.69, 9.17) is 11.6 Å². The van der Waals surface area contributed by atoms with Crippen LogP contribution < -0.4 is 5.32 Å². The maximum absolute atomic E-state index is 6.05. The molecule has 0 bridgehead atoms. The highest BCUT2D eigenvalue weighted by atomic mass is 79.9. The van der Waals surface area contributed by atoms with Crippen LogP contribution in [0.25, 0.3) is 0 Å². The molecule has 0 saturated heterocycles. The van der Waals surface area contributed by atoms with E-state index in [0.717, 1.165) is 22.5 Å². The summed E-state index contributed by atoms with van der Waals surface area (Å²) in [5.41, 5.74) is 5.24. The summed E-state index contributed by atoms with van der Waals surface area (Å²) in [6.07, 6.45) is 0.969. The number of halogens is 2. The van der Waals surface area contributed by atoms with Gasteiger partial charge in [0.1, 0.15) is 0 Å². The van der Waals surface area contributed by atoms with Crippen LogP contribution in [-0.4, -0.2) is 6.54 Å². The van der Waals surface area contributed by atoms with Crippen LogP contribution >= 0.6 is 27.5 Å². The van der Waals surface area contributed by atoms with Crippen LogP contribution in [0.4, 0.5) is 0 Å². The lowest BCUT2D eigenvalue weighted by atomic mass is 9.96. The molecule has 0 amide bonds. The van der Waals surface area contributed by atoms with Gasteiger partial charge in [-0.1, -0.05) is 69.8 Å². The molecule has 0 heterocycles. The van der Waals surface area contributed by atoms with E-state index in [-0.39, 0.29) is 6.04 Å². The van der Waals surface area contributed by atoms with Crippen LogP contribution in [0.15, 0.2) is 40.9 Å². The molecular weight excluding hydrogens is 346 g/mol. The Balaban J connectivity index is 2.30. The Morgan fingerprint density at radius 2 is 1.76 bits per heavy atom. The molecule has 0 spiro atoms. The summed E-state index contributed by atoms with van der Waals surface area (Å²) in [4.78, 5) is 0. The molecule has 0 aliphatic heterocycles. The van der Waals surface area contributed by atoms with Crippen molar-refractivity contribution in [3.63, 3.8) is 0 Å². The van der Waals surface area contributed by atoms with Crippen molar-refractivity contribution in [3.8, 4) is 0 Å². The molecule has 0 saturated carbocycles. The molecule has 0 aliphatic carbocycles. The molecule has 2 rings (SSSR count). The Labute approximate surface area is 140 Å². The molecule has 1 N–H and O–H groups in total. The molecule has 1 nitrogen and oxygen atoms in total. The number of aryl methyl sites for hydroxylation is 2. The number of hydrogen-bond acceptors (Lipinski definition) is 1. The molecule has 2 aromatic rings. The molecule has 0 fully saturated rings. The fourth-order valence-electron chi connectivity index (χ4n) is 2.75. The van der Waals surface area contributed by atoms with Gasteiger partial charge in [0.05, 0.1) is 0 Å². The first kappa shape index (κ1) is 16.5. The molecule has 0 aliphatic rings. The molecular formula is C18H21BrClN. The summed E-state index contributed by atoms with van der Waals surface area (Å²) in [5.74, 6) is 0. The van der Waals surface area contributed by atoms with E-state index in [0.29, 0.717) is 0 Å². The zero-order valence-corrected chi connectivity index (χ0v) is 15.1. The van der Waals surface area contributed by atoms with E-state index in [1.807, 2.05) is 12.1 Å². The summed E-state index contributed by atoms with van der Waals surface area (Å²) >= 11 is 9.69. The third-order valence-electron chi connectivity index (χ3n) is 3.51. The third kappa shape index (κ3) is 4.57. The van der Waals surface area contributed by atoms with E-state index in [1.165, 1.54) is 22.3 Å². The fraction of sp³-hybridized carbons (Fsp3) is 0.333. The van der Waals surface area contributed by atoms with Gasteiger partial charge in [-0.15, -0.1) is 0 Å². The minimum atomic E-state index is 0.280. The largest absolute Gasteiger partial charge is 0.310 e. The molecule has 1 unspecified atom stereocenters. The van der Waals surface area contributed by atoms with Crippen LogP contribution in [0.3, 0.4) is 0 Å². The van der Waals surface area contributed by atoms with E-state index >= 15 is 0 Å². The Morgan fingerprint density at radius 3 is 2.33 bits per heavy atom. The number of benzene rings is 2. The Bertz CT molecular complexity index is 604. The highest BCUT2D eigenvalue weighted by Crippen LogP contribution is 2.29. The van der Waals surface area contributed by atoms with Crippen molar-refractivity contribution in [1.29, 1.82) is 0 Å². The second-order valence-electron chi connectivity index (χ2n) is 5.48. The lowest BCUT2D eigenvalue weighted by Crippen LogP contribution is -2.23. The van der Waals surface area contributed by atoms with Gasteiger partial charge in [-0.25, -0.2) is 0 Å². The molecule has 2 aromatic carbocycles. The molecule has 21 heavy (non-hydrogen) atoms. The zero-order chi connectivity index (χ0) is 15.4. The summed E-state index contributed by atoms with van der Waals surface area (Å²) in [6.45, 7) is 7.37. The minimum absolute atomic E-state index is 0.280. The Hall–Kier alpha value is -0.830. The molecule has 1 atom stereocenters. The minimum Gasteiger partial charge on any atom is -0.310 e. The van der Waals surface area contributed by atoms with Crippen LogP contribution in [-0.2, 0) is 6.42 Å². The van der Waals surface area contributed by atoms with Crippen molar-refractivity contribution in [2.24, 2.45) is 0 Å². The predicted octanol–water partition coefficient (Wildman–Crippen LogP) is 5.61. The number of nitrogens with one attached hydrogen (secondary N) is 1. The van der Waals surface area contributed by atoms with Crippen molar-refractivity contribution < 1.29 is 0 Å². The van der Waals surface area contributed by atoms with Crippen LogP contribution in [0, 0.1) is 13.8 Å². The molecule has 3 heteroatoms. The van der Waals surface area contributed by atoms with E-state index < -0.39 is 0 Å².